The Morgan fingerprint density at radius 3 is 2.65 bits per heavy atom. The number of benzene rings is 2. The number of aromatic nitrogens is 2. The maximum atomic E-state index is 12.6. The number of hydrogen-bond acceptors (Lipinski definition) is 7. The Balaban J connectivity index is 1.45. The number of piperazine rings is 1. The predicted octanol–water partition coefficient (Wildman–Crippen LogP) is 5.23. The second kappa shape index (κ2) is 11.5. The fourth-order valence-electron chi connectivity index (χ4n) is 6.43. The Morgan fingerprint density at radius 1 is 1.12 bits per heavy atom. The average Bonchev–Trinajstić information content (AvgIpc) is 3.43. The zero-order chi connectivity index (χ0) is 30.1. The van der Waals surface area contributed by atoms with Gasteiger partial charge in [-0.15, -0.1) is 0 Å². The first-order valence-electron chi connectivity index (χ1n) is 14.5. The van der Waals surface area contributed by atoms with Crippen molar-refractivity contribution in [2.24, 2.45) is 7.05 Å². The van der Waals surface area contributed by atoms with Gasteiger partial charge < -0.3 is 24.0 Å². The number of anilines is 2. The number of amides is 1. The molecule has 6 rings (SSSR count). The van der Waals surface area contributed by atoms with E-state index in [9.17, 15) is 15.3 Å². The number of aryl methyl sites for hydroxylation is 2. The van der Waals surface area contributed by atoms with Gasteiger partial charge in [-0.2, -0.15) is 10.5 Å². The molecule has 1 saturated heterocycles. The van der Waals surface area contributed by atoms with E-state index in [1.54, 1.807) is 4.90 Å². The first kappa shape index (κ1) is 27.9. The summed E-state index contributed by atoms with van der Waals surface area (Å²) in [5.74, 6) is 0.650. The number of carbonyl (C=O) groups excluding carboxylic acids is 1. The molecule has 4 aromatic rings. The summed E-state index contributed by atoms with van der Waals surface area (Å²) in [4.78, 5) is 23.8. The minimum atomic E-state index is -0.324. The lowest BCUT2D eigenvalue weighted by Gasteiger charge is -2.43. The Morgan fingerprint density at radius 2 is 1.93 bits per heavy atom. The molecule has 216 valence electrons. The van der Waals surface area contributed by atoms with Crippen molar-refractivity contribution in [3.05, 3.63) is 89.8 Å². The molecule has 1 atom stereocenters. The van der Waals surface area contributed by atoms with Crippen molar-refractivity contribution in [2.75, 3.05) is 36.0 Å². The van der Waals surface area contributed by atoms with Gasteiger partial charge in [0.25, 0.3) is 0 Å². The molecule has 1 fully saturated rings. The third kappa shape index (κ3) is 5.04. The quantitative estimate of drug-likeness (QED) is 0.292. The highest BCUT2D eigenvalue weighted by molar-refractivity contribution is 5.97. The van der Waals surface area contributed by atoms with Crippen molar-refractivity contribution in [2.45, 2.75) is 32.4 Å². The number of fused-ring (bicyclic) bond motifs is 2. The highest BCUT2D eigenvalue weighted by Gasteiger charge is 2.35. The van der Waals surface area contributed by atoms with Crippen molar-refractivity contribution in [1.29, 1.82) is 10.5 Å². The summed E-state index contributed by atoms with van der Waals surface area (Å²) >= 11 is 0. The van der Waals surface area contributed by atoms with Crippen LogP contribution in [0.15, 0.2) is 67.4 Å². The minimum absolute atomic E-state index is 0.187. The predicted molar refractivity (Wildman–Crippen MR) is 166 cm³/mol. The van der Waals surface area contributed by atoms with Crippen LogP contribution >= 0.6 is 0 Å². The van der Waals surface area contributed by atoms with Gasteiger partial charge in [0, 0.05) is 62.1 Å². The zero-order valence-corrected chi connectivity index (χ0v) is 24.5. The van der Waals surface area contributed by atoms with Crippen LogP contribution in [0.3, 0.4) is 0 Å². The van der Waals surface area contributed by atoms with Crippen LogP contribution < -0.4 is 14.5 Å². The monoisotopic (exact) mass is 571 g/mol. The van der Waals surface area contributed by atoms with Crippen molar-refractivity contribution in [1.82, 2.24) is 14.5 Å². The van der Waals surface area contributed by atoms with Crippen LogP contribution in [0.1, 0.15) is 28.8 Å². The number of pyridine rings is 1. The van der Waals surface area contributed by atoms with Crippen molar-refractivity contribution < 1.29 is 9.53 Å². The summed E-state index contributed by atoms with van der Waals surface area (Å²) in [5, 5.41) is 22.5. The molecule has 0 bridgehead atoms. The number of ether oxygens (including phenoxy) is 1. The van der Waals surface area contributed by atoms with Crippen LogP contribution in [0.4, 0.5) is 11.4 Å². The standard InChI is InChI=1S/C34H33N7O2/c1-4-30(42)41-19-18-40(21-25(41)13-15-35)33-26-14-17-39(29-11-6-10-24-9-5-8-23(2)32(24)29)22-28(26)37-34(27(33)20-36)43-31-12-7-16-38(31)3/h4-12,16,25H,1,13-14,17-19,21-22H2,2-3H3/t25-/m0/s1. The van der Waals surface area contributed by atoms with Gasteiger partial charge in [-0.05, 0) is 42.5 Å². The summed E-state index contributed by atoms with van der Waals surface area (Å²) in [6.45, 7) is 8.46. The summed E-state index contributed by atoms with van der Waals surface area (Å²) in [6.07, 6.45) is 4.05. The minimum Gasteiger partial charge on any atom is -0.421 e. The average molecular weight is 572 g/mol. The van der Waals surface area contributed by atoms with Crippen molar-refractivity contribution in [3.63, 3.8) is 0 Å². The highest BCUT2D eigenvalue weighted by Crippen LogP contribution is 2.41. The van der Waals surface area contributed by atoms with E-state index in [0.29, 0.717) is 44.0 Å². The van der Waals surface area contributed by atoms with Gasteiger partial charge in [-0.3, -0.25) is 4.79 Å². The van der Waals surface area contributed by atoms with Gasteiger partial charge in [-0.25, -0.2) is 4.98 Å². The lowest BCUT2D eigenvalue weighted by molar-refractivity contribution is -0.128. The van der Waals surface area contributed by atoms with Gasteiger partial charge in [0.1, 0.15) is 11.6 Å². The van der Waals surface area contributed by atoms with E-state index in [1.165, 1.54) is 22.4 Å². The number of rotatable bonds is 6. The second-order valence-electron chi connectivity index (χ2n) is 11.1. The first-order chi connectivity index (χ1) is 20.9. The molecular weight excluding hydrogens is 538 g/mol. The van der Waals surface area contributed by atoms with Crippen LogP contribution in [0.2, 0.25) is 0 Å². The Kier molecular flexibility index (Phi) is 7.48. The molecule has 1 amide bonds. The maximum Gasteiger partial charge on any atom is 0.246 e. The third-order valence-corrected chi connectivity index (χ3v) is 8.52. The number of hydrogen-bond donors (Lipinski definition) is 0. The van der Waals surface area contributed by atoms with Crippen LogP contribution in [0, 0.1) is 29.6 Å². The summed E-state index contributed by atoms with van der Waals surface area (Å²) < 4.78 is 8.15. The van der Waals surface area contributed by atoms with Crippen molar-refractivity contribution in [3.8, 4) is 23.9 Å². The molecule has 0 unspecified atom stereocenters. The zero-order valence-electron chi connectivity index (χ0n) is 24.5. The van der Waals surface area contributed by atoms with Crippen LogP contribution in [-0.4, -0.2) is 52.6 Å². The molecule has 4 heterocycles. The third-order valence-electron chi connectivity index (χ3n) is 8.52. The van der Waals surface area contributed by atoms with Crippen LogP contribution in [-0.2, 0) is 24.8 Å². The molecular formula is C34H33N7O2. The van der Waals surface area contributed by atoms with E-state index in [4.69, 9.17) is 9.72 Å². The molecule has 9 heteroatoms. The highest BCUT2D eigenvalue weighted by atomic mass is 16.5. The molecule has 0 saturated carbocycles. The van der Waals surface area contributed by atoms with Crippen LogP contribution in [0.5, 0.6) is 11.8 Å². The summed E-state index contributed by atoms with van der Waals surface area (Å²) in [5.41, 5.74) is 5.41. The van der Waals surface area contributed by atoms with E-state index in [-0.39, 0.29) is 24.2 Å². The van der Waals surface area contributed by atoms with Gasteiger partial charge in [0.15, 0.2) is 0 Å². The van der Waals surface area contributed by atoms with E-state index in [0.717, 1.165) is 29.2 Å². The largest absolute Gasteiger partial charge is 0.421 e. The Hall–Kier alpha value is -5.28. The van der Waals surface area contributed by atoms with Gasteiger partial charge in [-0.1, -0.05) is 36.9 Å². The van der Waals surface area contributed by atoms with Crippen LogP contribution in [0.25, 0.3) is 10.8 Å². The molecule has 0 N–H and O–H groups in total. The van der Waals surface area contributed by atoms with E-state index in [2.05, 4.69) is 71.8 Å². The van der Waals surface area contributed by atoms with Gasteiger partial charge >= 0.3 is 0 Å². The maximum absolute atomic E-state index is 12.6. The molecule has 0 aliphatic carbocycles. The molecule has 2 aliphatic rings. The topological polar surface area (TPSA) is 101 Å². The summed E-state index contributed by atoms with van der Waals surface area (Å²) in [6, 6.07) is 20.8. The SMILES string of the molecule is C=CC(=O)N1CCN(c2c(C#N)c(Oc3cccn3C)nc3c2CCN(c2cccc4cccc(C)c24)C3)C[C@@H]1CC#N. The number of nitriles is 2. The Labute approximate surface area is 251 Å². The van der Waals surface area contributed by atoms with E-state index >= 15 is 0 Å². The first-order valence-corrected chi connectivity index (χ1v) is 14.5. The number of nitrogens with zero attached hydrogens (tertiary/aromatic N) is 7. The second-order valence-corrected chi connectivity index (χ2v) is 11.1. The fourth-order valence-corrected chi connectivity index (χ4v) is 6.43. The number of carbonyl (C=O) groups is 1. The smallest absolute Gasteiger partial charge is 0.246 e. The Bertz CT molecular complexity index is 1810. The van der Waals surface area contributed by atoms with E-state index < -0.39 is 0 Å². The van der Waals surface area contributed by atoms with E-state index in [1.807, 2.05) is 29.9 Å². The molecule has 2 aromatic carbocycles. The fraction of sp³-hybridized carbons (Fsp3) is 0.294. The lowest BCUT2D eigenvalue weighted by atomic mass is 9.95. The van der Waals surface area contributed by atoms with Gasteiger partial charge in [0.2, 0.25) is 17.7 Å². The lowest BCUT2D eigenvalue weighted by Crippen LogP contribution is -2.55. The molecule has 0 spiro atoms. The molecule has 0 radical (unpaired) electrons. The molecule has 9 nitrogen and oxygen atoms in total. The normalized spacial score (nSPS) is 16.4. The molecule has 2 aromatic heterocycles. The van der Waals surface area contributed by atoms with Crippen molar-refractivity contribution >= 4 is 28.1 Å². The molecule has 2 aliphatic heterocycles. The summed E-state index contributed by atoms with van der Waals surface area (Å²) in [7, 11) is 1.88. The molecule has 43 heavy (non-hydrogen) atoms. The van der Waals surface area contributed by atoms with Gasteiger partial charge in [0.05, 0.1) is 36.5 Å².